The fourth-order valence-electron chi connectivity index (χ4n) is 3.62. The minimum absolute atomic E-state index is 0.0447. The van der Waals surface area contributed by atoms with Crippen LogP contribution in [0.1, 0.15) is 24.7 Å². The lowest BCUT2D eigenvalue weighted by Crippen LogP contribution is -2.38. The molecule has 130 valence electrons. The van der Waals surface area contributed by atoms with Gasteiger partial charge >= 0.3 is 0 Å². The standard InChI is InChI=1S/C21H20N4O/c1-14(25-12-6-8-15-7-2-5-11-19(15)25)20(26)16(13-22)21-23-17-9-3-4-10-18(17)24-21/h2-5,7,9-11,14,26H,6,8,12H2,1H3,(H,23,24)/b20-16-/t14-/m1/s1. The lowest BCUT2D eigenvalue weighted by atomic mass is 9.99. The van der Waals surface area contributed by atoms with Crippen molar-refractivity contribution in [2.75, 3.05) is 11.4 Å². The highest BCUT2D eigenvalue weighted by Crippen LogP contribution is 2.31. The van der Waals surface area contributed by atoms with E-state index in [1.54, 1.807) is 0 Å². The maximum absolute atomic E-state index is 10.9. The summed E-state index contributed by atoms with van der Waals surface area (Å²) in [4.78, 5) is 9.76. The smallest absolute Gasteiger partial charge is 0.152 e. The van der Waals surface area contributed by atoms with E-state index in [1.165, 1.54) is 5.56 Å². The normalized spacial score (nSPS) is 15.9. The molecule has 1 atom stereocenters. The lowest BCUT2D eigenvalue weighted by Gasteiger charge is -2.36. The molecule has 0 aliphatic carbocycles. The number of anilines is 1. The fourth-order valence-corrected chi connectivity index (χ4v) is 3.62. The van der Waals surface area contributed by atoms with Gasteiger partial charge in [-0.1, -0.05) is 30.3 Å². The minimum Gasteiger partial charge on any atom is -0.509 e. The highest BCUT2D eigenvalue weighted by atomic mass is 16.3. The number of para-hydroxylation sites is 3. The van der Waals surface area contributed by atoms with Crippen LogP contribution in [0.5, 0.6) is 0 Å². The van der Waals surface area contributed by atoms with Gasteiger partial charge in [0.25, 0.3) is 0 Å². The Morgan fingerprint density at radius 1 is 1.23 bits per heavy atom. The number of hydrogen-bond donors (Lipinski definition) is 2. The Bertz CT molecular complexity index is 995. The predicted octanol–water partition coefficient (Wildman–Crippen LogP) is 4.20. The summed E-state index contributed by atoms with van der Waals surface area (Å²) in [6.07, 6.45) is 2.07. The zero-order valence-electron chi connectivity index (χ0n) is 14.6. The Labute approximate surface area is 152 Å². The number of fused-ring (bicyclic) bond motifs is 2. The zero-order valence-corrected chi connectivity index (χ0v) is 14.6. The van der Waals surface area contributed by atoms with E-state index >= 15 is 0 Å². The molecule has 1 aliphatic rings. The summed E-state index contributed by atoms with van der Waals surface area (Å²) >= 11 is 0. The molecular weight excluding hydrogens is 324 g/mol. The van der Waals surface area contributed by atoms with E-state index in [0.29, 0.717) is 5.82 Å². The number of aromatic nitrogens is 2. The monoisotopic (exact) mass is 344 g/mol. The molecule has 2 aromatic carbocycles. The van der Waals surface area contributed by atoms with Crippen molar-refractivity contribution in [3.8, 4) is 6.07 Å². The molecule has 2 heterocycles. The van der Waals surface area contributed by atoms with Gasteiger partial charge in [0.15, 0.2) is 5.82 Å². The number of hydrogen-bond acceptors (Lipinski definition) is 4. The third-order valence-electron chi connectivity index (χ3n) is 5.00. The molecule has 3 aromatic rings. The van der Waals surface area contributed by atoms with Crippen LogP contribution in [-0.2, 0) is 6.42 Å². The van der Waals surface area contributed by atoms with Gasteiger partial charge in [-0.25, -0.2) is 4.98 Å². The second kappa shape index (κ2) is 6.57. The molecule has 26 heavy (non-hydrogen) atoms. The Morgan fingerprint density at radius 2 is 2.00 bits per heavy atom. The average molecular weight is 344 g/mol. The Hall–Kier alpha value is -3.26. The van der Waals surface area contributed by atoms with Gasteiger partial charge in [-0.2, -0.15) is 5.26 Å². The molecule has 0 saturated heterocycles. The van der Waals surface area contributed by atoms with E-state index in [2.05, 4.69) is 33.1 Å². The van der Waals surface area contributed by atoms with Crippen LogP contribution in [-0.4, -0.2) is 27.7 Å². The maximum atomic E-state index is 10.9. The first-order valence-corrected chi connectivity index (χ1v) is 8.82. The van der Waals surface area contributed by atoms with Gasteiger partial charge in [0.05, 0.1) is 17.1 Å². The molecule has 0 radical (unpaired) electrons. The average Bonchev–Trinajstić information content (AvgIpc) is 3.11. The molecular formula is C21H20N4O. The molecule has 0 amide bonds. The van der Waals surface area contributed by atoms with E-state index in [4.69, 9.17) is 0 Å². The predicted molar refractivity (Wildman–Crippen MR) is 103 cm³/mol. The fraction of sp³-hybridized carbons (Fsp3) is 0.238. The molecule has 5 heteroatoms. The van der Waals surface area contributed by atoms with E-state index in [1.807, 2.05) is 43.3 Å². The number of aliphatic hydroxyl groups is 1. The molecule has 2 N–H and O–H groups in total. The number of benzene rings is 2. The quantitative estimate of drug-likeness (QED) is 0.551. The summed E-state index contributed by atoms with van der Waals surface area (Å²) in [5.41, 5.74) is 4.22. The molecule has 4 rings (SSSR count). The topological polar surface area (TPSA) is 75.9 Å². The number of nitrogens with zero attached hydrogens (tertiary/aromatic N) is 3. The first-order chi connectivity index (χ1) is 12.7. The number of aryl methyl sites for hydroxylation is 1. The van der Waals surface area contributed by atoms with Gasteiger partial charge in [0, 0.05) is 12.2 Å². The van der Waals surface area contributed by atoms with E-state index in [0.717, 1.165) is 36.1 Å². The van der Waals surface area contributed by atoms with Gasteiger partial charge < -0.3 is 15.0 Å². The van der Waals surface area contributed by atoms with Crippen LogP contribution >= 0.6 is 0 Å². The molecule has 0 fully saturated rings. The van der Waals surface area contributed by atoms with Crippen LogP contribution < -0.4 is 4.90 Å². The number of nitriles is 1. The second-order valence-electron chi connectivity index (χ2n) is 6.58. The Kier molecular flexibility index (Phi) is 4.10. The summed E-state index contributed by atoms with van der Waals surface area (Å²) in [5, 5.41) is 20.6. The number of nitrogens with one attached hydrogen (secondary N) is 1. The lowest BCUT2D eigenvalue weighted by molar-refractivity contribution is 0.367. The maximum Gasteiger partial charge on any atom is 0.152 e. The number of H-pyrrole nitrogens is 1. The third-order valence-corrected chi connectivity index (χ3v) is 5.00. The summed E-state index contributed by atoms with van der Waals surface area (Å²) in [5.74, 6) is 0.451. The summed E-state index contributed by atoms with van der Waals surface area (Å²) in [6, 6.07) is 17.7. The van der Waals surface area contributed by atoms with Gasteiger partial charge in [0.1, 0.15) is 17.4 Å². The summed E-state index contributed by atoms with van der Waals surface area (Å²) < 4.78 is 0. The van der Waals surface area contributed by atoms with E-state index in [9.17, 15) is 10.4 Å². The first-order valence-electron chi connectivity index (χ1n) is 8.82. The van der Waals surface area contributed by atoms with Crippen molar-refractivity contribution in [2.45, 2.75) is 25.8 Å². The Morgan fingerprint density at radius 3 is 2.81 bits per heavy atom. The molecule has 1 aliphatic heterocycles. The van der Waals surface area contributed by atoms with Gasteiger partial charge in [0.2, 0.25) is 0 Å². The third kappa shape index (κ3) is 2.70. The van der Waals surface area contributed by atoms with Crippen molar-refractivity contribution in [1.29, 1.82) is 5.26 Å². The largest absolute Gasteiger partial charge is 0.509 e. The van der Waals surface area contributed by atoms with Crippen LogP contribution in [0, 0.1) is 11.3 Å². The number of aromatic amines is 1. The van der Waals surface area contributed by atoms with Crippen LogP contribution in [0.25, 0.3) is 16.6 Å². The first kappa shape index (κ1) is 16.2. The van der Waals surface area contributed by atoms with Crippen molar-refractivity contribution in [3.63, 3.8) is 0 Å². The molecule has 0 spiro atoms. The van der Waals surface area contributed by atoms with Crippen molar-refractivity contribution < 1.29 is 5.11 Å². The van der Waals surface area contributed by atoms with Crippen LogP contribution in [0.4, 0.5) is 5.69 Å². The molecule has 0 saturated carbocycles. The summed E-state index contributed by atoms with van der Waals surface area (Å²) in [6.45, 7) is 2.78. The molecule has 0 unspecified atom stereocenters. The van der Waals surface area contributed by atoms with Crippen molar-refractivity contribution >= 4 is 22.3 Å². The van der Waals surface area contributed by atoms with Crippen molar-refractivity contribution in [1.82, 2.24) is 9.97 Å². The number of allylic oxidation sites excluding steroid dienone is 1. The van der Waals surface area contributed by atoms with Crippen LogP contribution in [0.15, 0.2) is 54.3 Å². The van der Waals surface area contributed by atoms with Crippen LogP contribution in [0.2, 0.25) is 0 Å². The van der Waals surface area contributed by atoms with Crippen LogP contribution in [0.3, 0.4) is 0 Å². The van der Waals surface area contributed by atoms with Crippen molar-refractivity contribution in [2.24, 2.45) is 0 Å². The van der Waals surface area contributed by atoms with Crippen molar-refractivity contribution in [3.05, 3.63) is 65.7 Å². The second-order valence-corrected chi connectivity index (χ2v) is 6.58. The van der Waals surface area contributed by atoms with Gasteiger partial charge in [-0.15, -0.1) is 0 Å². The number of rotatable bonds is 3. The van der Waals surface area contributed by atoms with Gasteiger partial charge in [-0.05, 0) is 43.5 Å². The number of imidazole rings is 1. The summed E-state index contributed by atoms with van der Waals surface area (Å²) in [7, 11) is 0. The van der Waals surface area contributed by atoms with Gasteiger partial charge in [-0.3, -0.25) is 0 Å². The minimum atomic E-state index is -0.306. The number of aliphatic hydroxyl groups excluding tert-OH is 1. The molecule has 5 nitrogen and oxygen atoms in total. The Balaban J connectivity index is 1.74. The molecule has 0 bridgehead atoms. The van der Waals surface area contributed by atoms with E-state index in [-0.39, 0.29) is 17.4 Å². The highest BCUT2D eigenvalue weighted by molar-refractivity contribution is 5.83. The highest BCUT2D eigenvalue weighted by Gasteiger charge is 2.26. The van der Waals surface area contributed by atoms with E-state index < -0.39 is 0 Å². The molecule has 1 aromatic heterocycles. The zero-order chi connectivity index (χ0) is 18.1. The SMILES string of the molecule is C[C@H](/C(O)=C(\C#N)c1nc2ccccc2[nH]1)N1CCCc2ccccc21.